The molecule has 2 heterocycles. The molecule has 4 nitrogen and oxygen atoms in total. The van der Waals surface area contributed by atoms with Crippen LogP contribution in [0.5, 0.6) is 0 Å². The Hall–Kier alpha value is -1.58. The number of rotatable bonds is 2. The first-order chi connectivity index (χ1) is 7.83. The van der Waals surface area contributed by atoms with E-state index in [0.29, 0.717) is 5.92 Å². The second-order valence-corrected chi connectivity index (χ2v) is 4.62. The van der Waals surface area contributed by atoms with Gasteiger partial charge in [0, 0.05) is 31.7 Å². The van der Waals surface area contributed by atoms with E-state index in [1.54, 1.807) is 0 Å². The molecule has 1 aliphatic carbocycles. The fourth-order valence-corrected chi connectivity index (χ4v) is 2.56. The van der Waals surface area contributed by atoms with Crippen LogP contribution in [-0.2, 0) is 26.4 Å². The van der Waals surface area contributed by atoms with E-state index in [4.69, 9.17) is 0 Å². The minimum absolute atomic E-state index is 0.705. The molecule has 1 aliphatic rings. The Labute approximate surface area is 94.9 Å². The van der Waals surface area contributed by atoms with Gasteiger partial charge in [-0.25, -0.2) is 9.97 Å². The van der Waals surface area contributed by atoms with Gasteiger partial charge in [-0.05, 0) is 25.2 Å². The maximum absolute atomic E-state index is 4.47. The van der Waals surface area contributed by atoms with Crippen molar-refractivity contribution < 1.29 is 0 Å². The number of aromatic nitrogens is 4. The topological polar surface area (TPSA) is 35.6 Å². The van der Waals surface area contributed by atoms with Crippen LogP contribution in [0.3, 0.4) is 0 Å². The minimum Gasteiger partial charge on any atom is -0.337 e. The minimum atomic E-state index is 0.705. The number of hydrogen-bond acceptors (Lipinski definition) is 2. The Morgan fingerprint density at radius 1 is 1.44 bits per heavy atom. The molecule has 0 radical (unpaired) electrons. The third-order valence-corrected chi connectivity index (χ3v) is 3.45. The molecule has 1 atom stereocenters. The molecule has 0 fully saturated rings. The van der Waals surface area contributed by atoms with Gasteiger partial charge in [0.15, 0.2) is 0 Å². The highest BCUT2D eigenvalue weighted by Gasteiger charge is 2.21. The lowest BCUT2D eigenvalue weighted by Gasteiger charge is -2.22. The van der Waals surface area contributed by atoms with E-state index in [1.165, 1.54) is 17.8 Å². The average molecular weight is 216 g/mol. The van der Waals surface area contributed by atoms with Crippen LogP contribution >= 0.6 is 0 Å². The van der Waals surface area contributed by atoms with Crippen molar-refractivity contribution in [3.05, 3.63) is 36.4 Å². The molecular weight excluding hydrogens is 200 g/mol. The van der Waals surface area contributed by atoms with Gasteiger partial charge in [0.05, 0.1) is 18.3 Å². The number of imidazole rings is 2. The summed E-state index contributed by atoms with van der Waals surface area (Å²) in [5, 5.41) is 0. The van der Waals surface area contributed by atoms with Crippen molar-refractivity contribution in [3.63, 3.8) is 0 Å². The molecule has 0 N–H and O–H groups in total. The molecule has 0 saturated carbocycles. The fourth-order valence-electron chi connectivity index (χ4n) is 2.56. The largest absolute Gasteiger partial charge is 0.337 e. The Kier molecular flexibility index (Phi) is 2.27. The molecule has 16 heavy (non-hydrogen) atoms. The second-order valence-electron chi connectivity index (χ2n) is 4.62. The number of nitrogens with zero attached hydrogens (tertiary/aromatic N) is 4. The van der Waals surface area contributed by atoms with E-state index in [2.05, 4.69) is 26.1 Å². The first kappa shape index (κ1) is 9.63. The van der Waals surface area contributed by atoms with Gasteiger partial charge >= 0.3 is 0 Å². The SMILES string of the molecule is Cn1cnc2c1CCC(Cn1ccnc1)C2. The first-order valence-electron chi connectivity index (χ1n) is 5.78. The van der Waals surface area contributed by atoms with Gasteiger partial charge in [0.25, 0.3) is 0 Å². The first-order valence-corrected chi connectivity index (χ1v) is 5.78. The lowest BCUT2D eigenvalue weighted by molar-refractivity contribution is 0.387. The highest BCUT2D eigenvalue weighted by molar-refractivity contribution is 5.17. The summed E-state index contributed by atoms with van der Waals surface area (Å²) in [4.78, 5) is 8.55. The molecule has 0 amide bonds. The predicted octanol–water partition coefficient (Wildman–Crippen LogP) is 1.42. The van der Waals surface area contributed by atoms with E-state index in [0.717, 1.165) is 19.4 Å². The van der Waals surface area contributed by atoms with Crippen molar-refractivity contribution in [1.29, 1.82) is 0 Å². The fraction of sp³-hybridized carbons (Fsp3) is 0.500. The van der Waals surface area contributed by atoms with Gasteiger partial charge < -0.3 is 9.13 Å². The van der Waals surface area contributed by atoms with Crippen molar-refractivity contribution >= 4 is 0 Å². The van der Waals surface area contributed by atoms with Crippen LogP contribution in [0.25, 0.3) is 0 Å². The molecule has 84 valence electrons. The Bertz CT molecular complexity index is 469. The highest BCUT2D eigenvalue weighted by Crippen LogP contribution is 2.25. The maximum Gasteiger partial charge on any atom is 0.0949 e. The molecule has 0 aromatic carbocycles. The third-order valence-electron chi connectivity index (χ3n) is 3.45. The number of aryl methyl sites for hydroxylation is 1. The Morgan fingerprint density at radius 2 is 2.38 bits per heavy atom. The van der Waals surface area contributed by atoms with Crippen LogP contribution in [0.1, 0.15) is 17.8 Å². The van der Waals surface area contributed by atoms with Gasteiger partial charge in [0.1, 0.15) is 0 Å². The molecule has 2 aromatic heterocycles. The highest BCUT2D eigenvalue weighted by atomic mass is 15.0. The van der Waals surface area contributed by atoms with Crippen LogP contribution in [-0.4, -0.2) is 19.1 Å². The molecule has 4 heteroatoms. The summed E-state index contributed by atoms with van der Waals surface area (Å²) in [5.41, 5.74) is 2.71. The summed E-state index contributed by atoms with van der Waals surface area (Å²) < 4.78 is 4.32. The van der Waals surface area contributed by atoms with Crippen molar-refractivity contribution in [2.45, 2.75) is 25.8 Å². The van der Waals surface area contributed by atoms with Gasteiger partial charge in [-0.2, -0.15) is 0 Å². The summed E-state index contributed by atoms with van der Waals surface area (Å²) in [6.45, 7) is 1.07. The monoisotopic (exact) mass is 216 g/mol. The summed E-state index contributed by atoms with van der Waals surface area (Å²) >= 11 is 0. The molecule has 0 spiro atoms. The summed E-state index contributed by atoms with van der Waals surface area (Å²) in [6.07, 6.45) is 11.2. The number of hydrogen-bond donors (Lipinski definition) is 0. The normalized spacial score (nSPS) is 19.7. The van der Waals surface area contributed by atoms with Crippen molar-refractivity contribution in [2.75, 3.05) is 0 Å². The van der Waals surface area contributed by atoms with Crippen molar-refractivity contribution in [1.82, 2.24) is 19.1 Å². The quantitative estimate of drug-likeness (QED) is 0.761. The van der Waals surface area contributed by atoms with E-state index in [1.807, 2.05) is 25.0 Å². The molecule has 2 aromatic rings. The van der Waals surface area contributed by atoms with Crippen molar-refractivity contribution in [3.8, 4) is 0 Å². The molecular formula is C12H16N4. The zero-order valence-corrected chi connectivity index (χ0v) is 9.50. The Balaban J connectivity index is 1.73. The summed E-state index contributed by atoms with van der Waals surface area (Å²) in [6, 6.07) is 0. The van der Waals surface area contributed by atoms with E-state index < -0.39 is 0 Å². The zero-order valence-electron chi connectivity index (χ0n) is 9.50. The molecule has 1 unspecified atom stereocenters. The molecule has 3 rings (SSSR count). The standard InChI is InChI=1S/C12H16N4/c1-15-9-14-11-6-10(2-3-12(11)15)7-16-5-4-13-8-16/h4-5,8-10H,2-3,6-7H2,1H3. The van der Waals surface area contributed by atoms with Crippen LogP contribution in [0, 0.1) is 5.92 Å². The van der Waals surface area contributed by atoms with Gasteiger partial charge in [-0.3, -0.25) is 0 Å². The molecule has 0 saturated heterocycles. The van der Waals surface area contributed by atoms with Crippen LogP contribution in [0.4, 0.5) is 0 Å². The van der Waals surface area contributed by atoms with E-state index in [-0.39, 0.29) is 0 Å². The van der Waals surface area contributed by atoms with Crippen LogP contribution in [0.15, 0.2) is 25.0 Å². The lowest BCUT2D eigenvalue weighted by atomic mass is 9.89. The second kappa shape index (κ2) is 3.77. The van der Waals surface area contributed by atoms with Crippen molar-refractivity contribution in [2.24, 2.45) is 13.0 Å². The van der Waals surface area contributed by atoms with Crippen LogP contribution in [0.2, 0.25) is 0 Å². The Morgan fingerprint density at radius 3 is 3.19 bits per heavy atom. The smallest absolute Gasteiger partial charge is 0.0949 e. The van der Waals surface area contributed by atoms with Crippen LogP contribution < -0.4 is 0 Å². The van der Waals surface area contributed by atoms with Gasteiger partial charge in [0.2, 0.25) is 0 Å². The van der Waals surface area contributed by atoms with Gasteiger partial charge in [-0.1, -0.05) is 0 Å². The predicted molar refractivity (Wildman–Crippen MR) is 61.0 cm³/mol. The average Bonchev–Trinajstić information content (AvgIpc) is 2.90. The lowest BCUT2D eigenvalue weighted by Crippen LogP contribution is -2.19. The van der Waals surface area contributed by atoms with Gasteiger partial charge in [-0.15, -0.1) is 0 Å². The van der Waals surface area contributed by atoms with E-state index in [9.17, 15) is 0 Å². The summed E-state index contributed by atoms with van der Waals surface area (Å²) in [5.74, 6) is 0.705. The zero-order chi connectivity index (χ0) is 11.0. The summed E-state index contributed by atoms with van der Waals surface area (Å²) in [7, 11) is 2.09. The third kappa shape index (κ3) is 1.64. The number of fused-ring (bicyclic) bond motifs is 1. The van der Waals surface area contributed by atoms with E-state index >= 15 is 0 Å². The maximum atomic E-state index is 4.47. The molecule has 0 bridgehead atoms. The molecule has 0 aliphatic heterocycles.